The van der Waals surface area contributed by atoms with Gasteiger partial charge in [0.05, 0.1) is 0 Å². The Morgan fingerprint density at radius 1 is 0.842 bits per heavy atom. The van der Waals surface area contributed by atoms with Crippen LogP contribution < -0.4 is 0 Å². The van der Waals surface area contributed by atoms with Crippen LogP contribution in [0.15, 0.2) is 60.7 Å². The predicted molar refractivity (Wildman–Crippen MR) is 79.8 cm³/mol. The standard InChI is InChI=1S/C17H11ClO/c18-14-9-8-13(11-19)17(10-14)16-7-3-5-12-4-1-2-6-15(12)16/h1-11H. The highest BCUT2D eigenvalue weighted by atomic mass is 35.5. The number of benzene rings is 3. The second-order valence-electron chi connectivity index (χ2n) is 4.38. The maximum atomic E-state index is 11.2. The van der Waals surface area contributed by atoms with Gasteiger partial charge >= 0.3 is 0 Å². The van der Waals surface area contributed by atoms with Gasteiger partial charge in [-0.15, -0.1) is 0 Å². The van der Waals surface area contributed by atoms with E-state index in [4.69, 9.17) is 11.6 Å². The summed E-state index contributed by atoms with van der Waals surface area (Å²) in [5.41, 5.74) is 2.56. The van der Waals surface area contributed by atoms with E-state index >= 15 is 0 Å². The average molecular weight is 267 g/mol. The van der Waals surface area contributed by atoms with Crippen LogP contribution in [0.3, 0.4) is 0 Å². The summed E-state index contributed by atoms with van der Waals surface area (Å²) in [4.78, 5) is 11.2. The van der Waals surface area contributed by atoms with Gasteiger partial charge in [0.25, 0.3) is 0 Å². The van der Waals surface area contributed by atoms with Crippen molar-refractivity contribution < 1.29 is 4.79 Å². The van der Waals surface area contributed by atoms with E-state index in [-0.39, 0.29) is 0 Å². The van der Waals surface area contributed by atoms with Gasteiger partial charge in [-0.1, -0.05) is 54.1 Å². The fourth-order valence-electron chi connectivity index (χ4n) is 2.32. The predicted octanol–water partition coefficient (Wildman–Crippen LogP) is 4.97. The smallest absolute Gasteiger partial charge is 0.150 e. The number of carbonyl (C=O) groups is 1. The van der Waals surface area contributed by atoms with Crippen LogP contribution in [0, 0.1) is 0 Å². The molecular weight excluding hydrogens is 256 g/mol. The normalized spacial score (nSPS) is 10.6. The van der Waals surface area contributed by atoms with Crippen LogP contribution in [-0.2, 0) is 0 Å². The van der Waals surface area contributed by atoms with E-state index in [1.807, 2.05) is 30.3 Å². The molecule has 3 rings (SSSR count). The lowest BCUT2D eigenvalue weighted by Crippen LogP contribution is -1.88. The summed E-state index contributed by atoms with van der Waals surface area (Å²) < 4.78 is 0. The molecule has 0 fully saturated rings. The van der Waals surface area contributed by atoms with Crippen molar-refractivity contribution in [3.8, 4) is 11.1 Å². The Morgan fingerprint density at radius 3 is 2.47 bits per heavy atom. The van der Waals surface area contributed by atoms with Crippen LogP contribution in [0.1, 0.15) is 10.4 Å². The van der Waals surface area contributed by atoms with Gasteiger partial charge in [0.15, 0.2) is 6.29 Å². The molecule has 3 aromatic rings. The van der Waals surface area contributed by atoms with E-state index in [1.54, 1.807) is 12.1 Å². The molecular formula is C17H11ClO. The van der Waals surface area contributed by atoms with Gasteiger partial charge in [-0.25, -0.2) is 0 Å². The lowest BCUT2D eigenvalue weighted by Gasteiger charge is -2.09. The lowest BCUT2D eigenvalue weighted by atomic mass is 9.95. The molecule has 3 aromatic carbocycles. The van der Waals surface area contributed by atoms with Crippen LogP contribution in [0.5, 0.6) is 0 Å². The summed E-state index contributed by atoms with van der Waals surface area (Å²) in [6, 6.07) is 19.5. The van der Waals surface area contributed by atoms with Crippen LogP contribution in [0.2, 0.25) is 5.02 Å². The van der Waals surface area contributed by atoms with Crippen molar-refractivity contribution in [3.63, 3.8) is 0 Å². The molecule has 0 unspecified atom stereocenters. The zero-order chi connectivity index (χ0) is 13.2. The van der Waals surface area contributed by atoms with Crippen molar-refractivity contribution in [1.82, 2.24) is 0 Å². The van der Waals surface area contributed by atoms with Crippen molar-refractivity contribution in [2.45, 2.75) is 0 Å². The summed E-state index contributed by atoms with van der Waals surface area (Å²) in [5.74, 6) is 0. The Balaban J connectivity index is 2.36. The average Bonchev–Trinajstić information content (AvgIpc) is 2.46. The molecule has 0 radical (unpaired) electrons. The topological polar surface area (TPSA) is 17.1 Å². The molecule has 0 N–H and O–H groups in total. The quantitative estimate of drug-likeness (QED) is 0.598. The molecule has 0 aromatic heterocycles. The maximum Gasteiger partial charge on any atom is 0.150 e. The molecule has 2 heteroatoms. The van der Waals surface area contributed by atoms with Crippen LogP contribution in [0.4, 0.5) is 0 Å². The summed E-state index contributed by atoms with van der Waals surface area (Å²) in [7, 11) is 0. The molecule has 0 atom stereocenters. The third kappa shape index (κ3) is 2.13. The third-order valence-corrected chi connectivity index (χ3v) is 3.46. The zero-order valence-electron chi connectivity index (χ0n) is 10.1. The van der Waals surface area contributed by atoms with Gasteiger partial charge in [0.2, 0.25) is 0 Å². The Labute approximate surface area is 116 Å². The molecule has 0 spiro atoms. The van der Waals surface area contributed by atoms with Crippen LogP contribution >= 0.6 is 11.6 Å². The van der Waals surface area contributed by atoms with E-state index in [2.05, 4.69) is 18.2 Å². The summed E-state index contributed by atoms with van der Waals surface area (Å²) in [5, 5.41) is 2.90. The maximum absolute atomic E-state index is 11.2. The molecule has 0 saturated carbocycles. The molecule has 0 aliphatic rings. The van der Waals surface area contributed by atoms with Crippen molar-refractivity contribution in [2.75, 3.05) is 0 Å². The third-order valence-electron chi connectivity index (χ3n) is 3.22. The largest absolute Gasteiger partial charge is 0.298 e. The first-order chi connectivity index (χ1) is 9.29. The second kappa shape index (κ2) is 4.87. The minimum atomic E-state index is 0.633. The fourth-order valence-corrected chi connectivity index (χ4v) is 2.50. The Bertz CT molecular complexity index is 757. The molecule has 0 amide bonds. The molecule has 0 aliphatic heterocycles. The van der Waals surface area contributed by atoms with E-state index < -0.39 is 0 Å². The molecule has 19 heavy (non-hydrogen) atoms. The summed E-state index contributed by atoms with van der Waals surface area (Å²) in [6.07, 6.45) is 0.868. The minimum Gasteiger partial charge on any atom is -0.298 e. The molecule has 0 aliphatic carbocycles. The number of hydrogen-bond acceptors (Lipinski definition) is 1. The van der Waals surface area contributed by atoms with Crippen LogP contribution in [0.25, 0.3) is 21.9 Å². The van der Waals surface area contributed by atoms with Gasteiger partial charge in [0, 0.05) is 10.6 Å². The highest BCUT2D eigenvalue weighted by molar-refractivity contribution is 6.31. The molecule has 0 saturated heterocycles. The lowest BCUT2D eigenvalue weighted by molar-refractivity contribution is 0.112. The number of carbonyl (C=O) groups excluding carboxylic acids is 1. The van der Waals surface area contributed by atoms with Crippen molar-refractivity contribution >= 4 is 28.7 Å². The first-order valence-electron chi connectivity index (χ1n) is 6.02. The van der Waals surface area contributed by atoms with E-state index in [0.717, 1.165) is 28.2 Å². The number of halogens is 1. The van der Waals surface area contributed by atoms with Crippen LogP contribution in [-0.4, -0.2) is 6.29 Å². The first-order valence-corrected chi connectivity index (χ1v) is 6.40. The number of fused-ring (bicyclic) bond motifs is 1. The molecule has 0 bridgehead atoms. The molecule has 0 heterocycles. The first kappa shape index (κ1) is 11.9. The SMILES string of the molecule is O=Cc1ccc(Cl)cc1-c1cccc2ccccc12. The van der Waals surface area contributed by atoms with Crippen molar-refractivity contribution in [3.05, 3.63) is 71.2 Å². The van der Waals surface area contributed by atoms with E-state index in [0.29, 0.717) is 10.6 Å². The zero-order valence-corrected chi connectivity index (χ0v) is 10.9. The summed E-state index contributed by atoms with van der Waals surface area (Å²) in [6.45, 7) is 0. The van der Waals surface area contributed by atoms with Gasteiger partial charge in [-0.3, -0.25) is 4.79 Å². The number of aldehydes is 1. The highest BCUT2D eigenvalue weighted by Gasteiger charge is 2.08. The minimum absolute atomic E-state index is 0.633. The van der Waals surface area contributed by atoms with E-state index in [9.17, 15) is 4.79 Å². The number of hydrogen-bond donors (Lipinski definition) is 0. The highest BCUT2D eigenvalue weighted by Crippen LogP contribution is 2.32. The van der Waals surface area contributed by atoms with Gasteiger partial charge < -0.3 is 0 Å². The second-order valence-corrected chi connectivity index (χ2v) is 4.81. The Hall–Kier alpha value is -2.12. The van der Waals surface area contributed by atoms with Gasteiger partial charge in [-0.2, -0.15) is 0 Å². The Kier molecular flexibility index (Phi) is 3.06. The van der Waals surface area contributed by atoms with Crippen molar-refractivity contribution in [2.24, 2.45) is 0 Å². The van der Waals surface area contributed by atoms with E-state index in [1.165, 1.54) is 0 Å². The Morgan fingerprint density at radius 2 is 1.63 bits per heavy atom. The van der Waals surface area contributed by atoms with Crippen molar-refractivity contribution in [1.29, 1.82) is 0 Å². The monoisotopic (exact) mass is 266 g/mol. The molecule has 92 valence electrons. The number of rotatable bonds is 2. The van der Waals surface area contributed by atoms with Gasteiger partial charge in [0.1, 0.15) is 0 Å². The van der Waals surface area contributed by atoms with Gasteiger partial charge in [-0.05, 0) is 40.1 Å². The fraction of sp³-hybridized carbons (Fsp3) is 0. The molecule has 1 nitrogen and oxygen atoms in total. The summed E-state index contributed by atoms with van der Waals surface area (Å²) >= 11 is 6.06.